The number of ether oxygens (including phenoxy) is 1. The van der Waals surface area contributed by atoms with Crippen LogP contribution in [0.1, 0.15) is 56.1 Å². The van der Waals surface area contributed by atoms with Crippen LogP contribution in [-0.4, -0.2) is 56.9 Å². The standard InChI is InChI=1S/C25H32FN7O3/c1-14(32(4)23(34)18-10-9-15(13-28-18)25(2,3)35)7-6-8-20-29-22-17-11-16(26)12-19(36-5)21(17)30-24(27)33(22)31-20/h9-14,20,27,29,31,35H,6-8H2,1-5H3/t14-,20?/m0/s1. The van der Waals surface area contributed by atoms with E-state index >= 15 is 0 Å². The van der Waals surface area contributed by atoms with Crippen molar-refractivity contribution in [3.05, 3.63) is 53.2 Å². The number of aromatic nitrogens is 3. The molecule has 192 valence electrons. The molecule has 0 saturated heterocycles. The lowest BCUT2D eigenvalue weighted by atomic mass is 10.0. The van der Waals surface area contributed by atoms with Gasteiger partial charge in [-0.2, -0.15) is 0 Å². The fourth-order valence-electron chi connectivity index (χ4n) is 4.24. The summed E-state index contributed by atoms with van der Waals surface area (Å²) in [4.78, 5) is 23.0. The van der Waals surface area contributed by atoms with Gasteiger partial charge in [0.2, 0.25) is 5.62 Å². The minimum atomic E-state index is -1.02. The summed E-state index contributed by atoms with van der Waals surface area (Å²) in [5, 5.41) is 22.2. The Balaban J connectivity index is 1.37. The maximum atomic E-state index is 14.1. The molecule has 1 unspecified atom stereocenters. The third kappa shape index (κ3) is 4.97. The Morgan fingerprint density at radius 2 is 2.14 bits per heavy atom. The van der Waals surface area contributed by atoms with Crippen LogP contribution in [0.25, 0.3) is 10.9 Å². The molecular weight excluding hydrogens is 465 g/mol. The summed E-state index contributed by atoms with van der Waals surface area (Å²) in [6.07, 6.45) is 3.60. The number of pyridine rings is 1. The highest BCUT2D eigenvalue weighted by molar-refractivity contribution is 5.94. The largest absolute Gasteiger partial charge is 0.494 e. The van der Waals surface area contributed by atoms with Crippen molar-refractivity contribution in [2.75, 3.05) is 24.9 Å². The highest BCUT2D eigenvalue weighted by atomic mass is 19.1. The predicted octanol–water partition coefficient (Wildman–Crippen LogP) is 2.91. The maximum absolute atomic E-state index is 14.1. The Hall–Kier alpha value is -3.73. The van der Waals surface area contributed by atoms with E-state index in [4.69, 9.17) is 10.1 Å². The predicted molar refractivity (Wildman–Crippen MR) is 134 cm³/mol. The van der Waals surface area contributed by atoms with Gasteiger partial charge >= 0.3 is 0 Å². The molecule has 2 atom stereocenters. The fourth-order valence-corrected chi connectivity index (χ4v) is 4.24. The zero-order valence-electron chi connectivity index (χ0n) is 21.1. The normalized spacial score (nSPS) is 15.7. The van der Waals surface area contributed by atoms with E-state index in [0.29, 0.717) is 34.4 Å². The molecule has 3 heterocycles. The lowest BCUT2D eigenvalue weighted by Crippen LogP contribution is -2.36. The van der Waals surface area contributed by atoms with Gasteiger partial charge in [-0.3, -0.25) is 20.6 Å². The minimum Gasteiger partial charge on any atom is -0.494 e. The molecular formula is C25H32FN7O3. The van der Waals surface area contributed by atoms with Crippen molar-refractivity contribution >= 4 is 22.6 Å². The first-order valence-corrected chi connectivity index (χ1v) is 11.8. The van der Waals surface area contributed by atoms with E-state index in [1.54, 1.807) is 37.9 Å². The van der Waals surface area contributed by atoms with Crippen LogP contribution in [0.3, 0.4) is 0 Å². The molecule has 4 N–H and O–H groups in total. The number of nitrogens with zero attached hydrogens (tertiary/aromatic N) is 4. The molecule has 1 aromatic carbocycles. The second kappa shape index (κ2) is 9.73. The SMILES string of the molecule is COc1cc(F)cc2c3n(c(=N)nc12)NC(CCC[C@H](C)N(C)C(=O)c1ccc(C(C)(C)O)cn1)N3. The number of halogens is 1. The van der Waals surface area contributed by atoms with Crippen LogP contribution in [0.2, 0.25) is 0 Å². The van der Waals surface area contributed by atoms with E-state index in [-0.39, 0.29) is 29.5 Å². The highest BCUT2D eigenvalue weighted by Gasteiger charge is 2.25. The summed E-state index contributed by atoms with van der Waals surface area (Å²) in [6, 6.07) is 5.94. The number of amides is 1. The van der Waals surface area contributed by atoms with Gasteiger partial charge in [-0.05, 0) is 52.2 Å². The van der Waals surface area contributed by atoms with Gasteiger partial charge < -0.3 is 20.1 Å². The Kier molecular flexibility index (Phi) is 6.85. The Bertz CT molecular complexity index is 1330. The number of hydrogen-bond donors (Lipinski definition) is 4. The van der Waals surface area contributed by atoms with Gasteiger partial charge in [-0.25, -0.2) is 14.1 Å². The van der Waals surface area contributed by atoms with E-state index in [1.807, 2.05) is 6.92 Å². The Labute approximate surface area is 208 Å². The molecule has 0 aliphatic carbocycles. The molecule has 10 nitrogen and oxygen atoms in total. The summed E-state index contributed by atoms with van der Waals surface area (Å²) in [6.45, 7) is 5.32. The van der Waals surface area contributed by atoms with E-state index < -0.39 is 11.4 Å². The Morgan fingerprint density at radius 3 is 2.78 bits per heavy atom. The lowest BCUT2D eigenvalue weighted by Gasteiger charge is -2.25. The van der Waals surface area contributed by atoms with Crippen molar-refractivity contribution in [1.29, 1.82) is 5.41 Å². The fraction of sp³-hybridized carbons (Fsp3) is 0.440. The smallest absolute Gasteiger partial charge is 0.272 e. The number of benzene rings is 1. The molecule has 0 spiro atoms. The van der Waals surface area contributed by atoms with Gasteiger partial charge in [0, 0.05) is 36.3 Å². The number of fused-ring (bicyclic) bond motifs is 3. The van der Waals surface area contributed by atoms with Crippen molar-refractivity contribution in [3.8, 4) is 5.75 Å². The first kappa shape index (κ1) is 25.4. The molecule has 2 aromatic heterocycles. The first-order chi connectivity index (χ1) is 17.0. The highest BCUT2D eigenvalue weighted by Crippen LogP contribution is 2.31. The molecule has 0 saturated carbocycles. The monoisotopic (exact) mass is 497 g/mol. The van der Waals surface area contributed by atoms with Gasteiger partial charge in [0.05, 0.1) is 12.7 Å². The van der Waals surface area contributed by atoms with E-state index in [0.717, 1.165) is 12.8 Å². The summed E-state index contributed by atoms with van der Waals surface area (Å²) >= 11 is 0. The lowest BCUT2D eigenvalue weighted by molar-refractivity contribution is 0.0720. The average molecular weight is 498 g/mol. The van der Waals surface area contributed by atoms with E-state index in [2.05, 4.69) is 20.7 Å². The number of rotatable bonds is 8. The van der Waals surface area contributed by atoms with Crippen molar-refractivity contribution in [3.63, 3.8) is 0 Å². The molecule has 1 amide bonds. The second-order valence-electron chi connectivity index (χ2n) is 9.64. The zero-order valence-corrected chi connectivity index (χ0v) is 21.1. The summed E-state index contributed by atoms with van der Waals surface area (Å²) in [5.74, 6) is 0.210. The Morgan fingerprint density at radius 1 is 1.39 bits per heavy atom. The molecule has 4 rings (SSSR count). The summed E-state index contributed by atoms with van der Waals surface area (Å²) in [5.41, 5.74) is 3.56. The zero-order chi connectivity index (χ0) is 26.2. The number of carbonyl (C=O) groups is 1. The molecule has 36 heavy (non-hydrogen) atoms. The topological polar surface area (TPSA) is 128 Å². The number of aliphatic hydroxyl groups is 1. The number of anilines is 1. The van der Waals surface area contributed by atoms with Crippen LogP contribution < -0.4 is 21.1 Å². The van der Waals surface area contributed by atoms with Crippen LogP contribution in [0.15, 0.2) is 30.5 Å². The van der Waals surface area contributed by atoms with Gasteiger partial charge in [-0.15, -0.1) is 0 Å². The van der Waals surface area contributed by atoms with Crippen LogP contribution in [-0.2, 0) is 5.60 Å². The van der Waals surface area contributed by atoms with Gasteiger partial charge in [0.25, 0.3) is 5.91 Å². The van der Waals surface area contributed by atoms with Gasteiger partial charge in [0.1, 0.15) is 34.8 Å². The third-order valence-electron chi connectivity index (χ3n) is 6.55. The number of nitrogens with one attached hydrogen (secondary N) is 3. The molecule has 0 bridgehead atoms. The van der Waals surface area contributed by atoms with Crippen molar-refractivity contribution < 1.29 is 19.0 Å². The molecule has 1 aliphatic heterocycles. The number of hydrogen-bond acceptors (Lipinski definition) is 8. The van der Waals surface area contributed by atoms with Crippen molar-refractivity contribution in [2.45, 2.75) is 57.8 Å². The number of carbonyl (C=O) groups excluding carboxylic acids is 1. The minimum absolute atomic E-state index is 0.0146. The molecule has 0 fully saturated rings. The van der Waals surface area contributed by atoms with E-state index in [1.165, 1.54) is 30.1 Å². The average Bonchev–Trinajstić information content (AvgIpc) is 3.28. The van der Waals surface area contributed by atoms with Gasteiger partial charge in [0.15, 0.2) is 0 Å². The first-order valence-electron chi connectivity index (χ1n) is 11.8. The quantitative estimate of drug-likeness (QED) is 0.377. The van der Waals surface area contributed by atoms with Gasteiger partial charge in [-0.1, -0.05) is 6.07 Å². The van der Waals surface area contributed by atoms with Crippen LogP contribution in [0.5, 0.6) is 5.75 Å². The molecule has 11 heteroatoms. The summed E-state index contributed by atoms with van der Waals surface area (Å²) < 4.78 is 20.9. The van der Waals surface area contributed by atoms with Crippen molar-refractivity contribution in [2.24, 2.45) is 0 Å². The van der Waals surface area contributed by atoms with Crippen LogP contribution in [0.4, 0.5) is 10.2 Å². The molecule has 1 aliphatic rings. The summed E-state index contributed by atoms with van der Waals surface area (Å²) in [7, 11) is 3.20. The van der Waals surface area contributed by atoms with Crippen molar-refractivity contribution in [1.82, 2.24) is 19.5 Å². The maximum Gasteiger partial charge on any atom is 0.272 e. The van der Waals surface area contributed by atoms with Crippen LogP contribution in [0, 0.1) is 11.2 Å². The van der Waals surface area contributed by atoms with Crippen LogP contribution >= 0.6 is 0 Å². The third-order valence-corrected chi connectivity index (χ3v) is 6.55. The second-order valence-corrected chi connectivity index (χ2v) is 9.64. The number of methoxy groups -OCH3 is 1. The molecule has 3 aromatic rings. The van der Waals surface area contributed by atoms with E-state index in [9.17, 15) is 14.3 Å². The molecule has 0 radical (unpaired) electrons.